The SMILES string of the molecule is Cc1ccc(CCC(=O)C2=CCc3ccc(S(=O)(=O)Nc4ccc5c(c4)OCCO5)cc3C2=O)cc1. The fraction of sp³-hybridized carbons (Fsp3) is 0.214. The lowest BCUT2D eigenvalue weighted by atomic mass is 9.87. The number of hydrogen-bond donors (Lipinski definition) is 1. The van der Waals surface area contributed by atoms with Gasteiger partial charge in [-0.15, -0.1) is 0 Å². The first-order valence-corrected chi connectivity index (χ1v) is 13.2. The largest absolute Gasteiger partial charge is 0.486 e. The number of fused-ring (bicyclic) bond motifs is 2. The highest BCUT2D eigenvalue weighted by Gasteiger charge is 2.27. The van der Waals surface area contributed by atoms with Crippen LogP contribution in [0.4, 0.5) is 5.69 Å². The maximum atomic E-state index is 13.2. The Balaban J connectivity index is 1.32. The predicted octanol–water partition coefficient (Wildman–Crippen LogP) is 4.43. The average Bonchev–Trinajstić information content (AvgIpc) is 2.88. The molecule has 0 spiro atoms. The molecule has 184 valence electrons. The van der Waals surface area contributed by atoms with E-state index in [9.17, 15) is 18.0 Å². The van der Waals surface area contributed by atoms with Crippen LogP contribution >= 0.6 is 0 Å². The number of anilines is 1. The molecule has 5 rings (SSSR count). The van der Waals surface area contributed by atoms with Crippen molar-refractivity contribution in [2.24, 2.45) is 0 Å². The van der Waals surface area contributed by atoms with Crippen molar-refractivity contribution >= 4 is 27.3 Å². The molecule has 0 aromatic heterocycles. The molecule has 0 radical (unpaired) electrons. The molecule has 0 bridgehead atoms. The van der Waals surface area contributed by atoms with Crippen molar-refractivity contribution < 1.29 is 27.5 Å². The quantitative estimate of drug-likeness (QED) is 0.479. The van der Waals surface area contributed by atoms with Crippen molar-refractivity contribution in [3.8, 4) is 11.5 Å². The van der Waals surface area contributed by atoms with Crippen LogP contribution < -0.4 is 14.2 Å². The smallest absolute Gasteiger partial charge is 0.261 e. The van der Waals surface area contributed by atoms with Crippen molar-refractivity contribution in [1.82, 2.24) is 0 Å². The lowest BCUT2D eigenvalue weighted by Crippen LogP contribution is -2.21. The number of allylic oxidation sites excluding steroid dienone is 2. The summed E-state index contributed by atoms with van der Waals surface area (Å²) >= 11 is 0. The summed E-state index contributed by atoms with van der Waals surface area (Å²) in [5, 5.41) is 0. The summed E-state index contributed by atoms with van der Waals surface area (Å²) in [7, 11) is -3.99. The molecular weight excluding hydrogens is 478 g/mol. The summed E-state index contributed by atoms with van der Waals surface area (Å²) in [6, 6.07) is 17.1. The number of hydrogen-bond acceptors (Lipinski definition) is 6. The third-order valence-corrected chi connectivity index (χ3v) is 7.64. The Labute approximate surface area is 209 Å². The minimum Gasteiger partial charge on any atom is -0.486 e. The van der Waals surface area contributed by atoms with Gasteiger partial charge in [0.15, 0.2) is 23.1 Å². The third kappa shape index (κ3) is 4.90. The molecule has 3 aromatic rings. The van der Waals surface area contributed by atoms with Crippen molar-refractivity contribution in [3.63, 3.8) is 0 Å². The molecule has 8 heteroatoms. The highest BCUT2D eigenvalue weighted by molar-refractivity contribution is 7.92. The van der Waals surface area contributed by atoms with Crippen molar-refractivity contribution in [1.29, 1.82) is 0 Å². The number of Topliss-reactive ketones (excluding diaryl/α,β-unsaturated/α-hetero) is 2. The predicted molar refractivity (Wildman–Crippen MR) is 135 cm³/mol. The highest BCUT2D eigenvalue weighted by atomic mass is 32.2. The zero-order valence-corrected chi connectivity index (χ0v) is 20.6. The molecule has 2 aliphatic rings. The first-order chi connectivity index (χ1) is 17.3. The van der Waals surface area contributed by atoms with Crippen LogP contribution in [0.25, 0.3) is 0 Å². The second kappa shape index (κ2) is 9.62. The van der Waals surface area contributed by atoms with Crippen LogP contribution in [-0.4, -0.2) is 33.2 Å². The molecule has 0 amide bonds. The normalized spacial score (nSPS) is 14.6. The number of carbonyl (C=O) groups is 2. The molecule has 0 unspecified atom stereocenters. The first-order valence-electron chi connectivity index (χ1n) is 11.7. The van der Waals surface area contributed by atoms with E-state index in [1.165, 1.54) is 12.1 Å². The topological polar surface area (TPSA) is 98.8 Å². The van der Waals surface area contributed by atoms with Gasteiger partial charge < -0.3 is 9.47 Å². The van der Waals surface area contributed by atoms with Crippen molar-refractivity contribution in [2.45, 2.75) is 31.1 Å². The van der Waals surface area contributed by atoms with Gasteiger partial charge in [0.25, 0.3) is 10.0 Å². The zero-order chi connectivity index (χ0) is 25.3. The van der Waals surface area contributed by atoms with E-state index in [2.05, 4.69) is 4.72 Å². The Morgan fingerprint density at radius 3 is 2.47 bits per heavy atom. The van der Waals surface area contributed by atoms with Gasteiger partial charge in [-0.3, -0.25) is 14.3 Å². The van der Waals surface area contributed by atoms with E-state index < -0.39 is 15.8 Å². The van der Waals surface area contributed by atoms with Crippen LogP contribution in [0.5, 0.6) is 11.5 Å². The van der Waals surface area contributed by atoms with Gasteiger partial charge in [-0.25, -0.2) is 8.42 Å². The molecule has 7 nitrogen and oxygen atoms in total. The molecule has 0 atom stereocenters. The van der Waals surface area contributed by atoms with Gasteiger partial charge in [-0.2, -0.15) is 0 Å². The Kier molecular flexibility index (Phi) is 6.36. The second-order valence-corrected chi connectivity index (χ2v) is 10.5. The van der Waals surface area contributed by atoms with E-state index in [0.29, 0.717) is 48.8 Å². The molecule has 1 heterocycles. The van der Waals surface area contributed by atoms with Gasteiger partial charge in [0, 0.05) is 18.1 Å². The summed E-state index contributed by atoms with van der Waals surface area (Å²) < 4.78 is 39.7. The van der Waals surface area contributed by atoms with E-state index in [4.69, 9.17) is 9.47 Å². The monoisotopic (exact) mass is 503 g/mol. The second-order valence-electron chi connectivity index (χ2n) is 8.84. The number of rotatable bonds is 7. The lowest BCUT2D eigenvalue weighted by Gasteiger charge is -2.19. The molecule has 1 aliphatic carbocycles. The van der Waals surface area contributed by atoms with Gasteiger partial charge in [0.1, 0.15) is 13.2 Å². The molecule has 1 aliphatic heterocycles. The molecule has 0 fully saturated rings. The Morgan fingerprint density at radius 2 is 1.69 bits per heavy atom. The van der Waals surface area contributed by atoms with Gasteiger partial charge in [-0.1, -0.05) is 42.0 Å². The van der Waals surface area contributed by atoms with Gasteiger partial charge >= 0.3 is 0 Å². The minimum absolute atomic E-state index is 0.0576. The number of sulfonamides is 1. The summed E-state index contributed by atoms with van der Waals surface area (Å²) in [5.74, 6) is 0.325. The van der Waals surface area contributed by atoms with Gasteiger partial charge in [0.2, 0.25) is 0 Å². The fourth-order valence-electron chi connectivity index (χ4n) is 4.27. The Morgan fingerprint density at radius 1 is 0.944 bits per heavy atom. The summed E-state index contributed by atoms with van der Waals surface area (Å²) in [6.07, 6.45) is 2.77. The van der Waals surface area contributed by atoms with Crippen LogP contribution in [0.15, 0.2) is 77.2 Å². The summed E-state index contributed by atoms with van der Waals surface area (Å²) in [6.45, 7) is 2.82. The number of carbonyl (C=O) groups excluding carboxylic acids is 2. The molecule has 3 aromatic carbocycles. The Bertz CT molecular complexity index is 1490. The number of ketones is 2. The maximum Gasteiger partial charge on any atom is 0.261 e. The fourth-order valence-corrected chi connectivity index (χ4v) is 5.35. The van der Waals surface area contributed by atoms with Gasteiger partial charge in [-0.05, 0) is 55.2 Å². The van der Waals surface area contributed by atoms with Crippen molar-refractivity contribution in [2.75, 3.05) is 17.9 Å². The van der Waals surface area contributed by atoms with Gasteiger partial charge in [0.05, 0.1) is 16.2 Å². The maximum absolute atomic E-state index is 13.2. The van der Waals surface area contributed by atoms with Crippen LogP contribution in [-0.2, 0) is 27.7 Å². The molecule has 0 saturated heterocycles. The van der Waals surface area contributed by atoms with E-state index in [1.54, 1.807) is 30.3 Å². The summed E-state index contributed by atoms with van der Waals surface area (Å²) in [4.78, 5) is 26.0. The lowest BCUT2D eigenvalue weighted by molar-refractivity contribution is -0.115. The standard InChI is InChI=1S/C28H25NO6S/c1-18-2-4-19(5-3-18)6-12-25(30)23-11-8-20-7-10-22(17-24(20)28(23)31)36(32,33)29-21-9-13-26-27(16-21)35-15-14-34-26/h2-5,7,9-11,13,16-17,29H,6,8,12,14-15H2,1H3. The summed E-state index contributed by atoms with van der Waals surface area (Å²) in [5.41, 5.74) is 3.52. The minimum atomic E-state index is -3.99. The van der Waals surface area contributed by atoms with Crippen LogP contribution in [0.2, 0.25) is 0 Å². The number of aryl methyl sites for hydroxylation is 2. The number of ether oxygens (including phenoxy) is 2. The van der Waals surface area contributed by atoms with E-state index >= 15 is 0 Å². The Hall–Kier alpha value is -3.91. The van der Waals surface area contributed by atoms with E-state index in [0.717, 1.165) is 11.1 Å². The zero-order valence-electron chi connectivity index (χ0n) is 19.7. The van der Waals surface area contributed by atoms with Crippen LogP contribution in [0, 0.1) is 6.92 Å². The number of nitrogens with one attached hydrogen (secondary N) is 1. The van der Waals surface area contributed by atoms with Crippen LogP contribution in [0.3, 0.4) is 0 Å². The molecule has 0 saturated carbocycles. The number of benzene rings is 3. The molecular formula is C28H25NO6S. The first kappa shape index (κ1) is 23.8. The van der Waals surface area contributed by atoms with E-state index in [-0.39, 0.29) is 28.2 Å². The van der Waals surface area contributed by atoms with E-state index in [1.807, 2.05) is 31.2 Å². The highest BCUT2D eigenvalue weighted by Crippen LogP contribution is 2.34. The average molecular weight is 504 g/mol. The van der Waals surface area contributed by atoms with Crippen molar-refractivity contribution in [3.05, 3.63) is 94.6 Å². The molecule has 1 N–H and O–H groups in total. The van der Waals surface area contributed by atoms with Crippen LogP contribution in [0.1, 0.15) is 33.5 Å². The third-order valence-electron chi connectivity index (χ3n) is 6.26. The molecule has 36 heavy (non-hydrogen) atoms.